The molecule has 0 aliphatic carbocycles. The van der Waals surface area contributed by atoms with Gasteiger partial charge in [0.1, 0.15) is 18.0 Å². The Bertz CT molecular complexity index is 1020. The zero-order chi connectivity index (χ0) is 18.5. The lowest BCUT2D eigenvalue weighted by molar-refractivity contribution is 0.277. The molecule has 1 heterocycles. The number of ether oxygens (including phenoxy) is 1. The second-order valence-corrected chi connectivity index (χ2v) is 6.38. The van der Waals surface area contributed by atoms with Crippen molar-refractivity contribution >= 4 is 11.6 Å². The first-order valence-electron chi connectivity index (χ1n) is 8.52. The molecule has 4 nitrogen and oxygen atoms in total. The minimum atomic E-state index is 0.239. The predicted octanol–water partition coefficient (Wildman–Crippen LogP) is 5.44. The third-order valence-electron chi connectivity index (χ3n) is 4.04. The summed E-state index contributed by atoms with van der Waals surface area (Å²) in [6.45, 7) is 0.345. The van der Waals surface area contributed by atoms with Gasteiger partial charge in [0.2, 0.25) is 0 Å². The van der Waals surface area contributed by atoms with E-state index in [1.165, 1.54) is 0 Å². The summed E-state index contributed by atoms with van der Waals surface area (Å²) in [4.78, 5) is 4.63. The average molecular weight is 374 g/mol. The third-order valence-corrected chi connectivity index (χ3v) is 4.29. The minimum absolute atomic E-state index is 0.239. The molecular weight excluding hydrogens is 358 g/mol. The van der Waals surface area contributed by atoms with Crippen molar-refractivity contribution in [3.63, 3.8) is 0 Å². The average Bonchev–Trinajstić information content (AvgIpc) is 2.74. The summed E-state index contributed by atoms with van der Waals surface area (Å²) in [5.41, 5.74) is 4.36. The fourth-order valence-corrected chi connectivity index (χ4v) is 2.81. The van der Waals surface area contributed by atoms with Gasteiger partial charge in [-0.3, -0.25) is 0 Å². The molecule has 0 saturated carbocycles. The van der Waals surface area contributed by atoms with Crippen LogP contribution in [0, 0.1) is 0 Å². The highest BCUT2D eigenvalue weighted by Gasteiger charge is 2.14. The fourth-order valence-electron chi connectivity index (χ4n) is 2.69. The number of halogens is 1. The quantitative estimate of drug-likeness (QED) is 0.467. The Labute approximate surface area is 162 Å². The molecule has 0 radical (unpaired) electrons. The van der Waals surface area contributed by atoms with Crippen LogP contribution in [-0.4, -0.2) is 15.2 Å². The van der Waals surface area contributed by atoms with Crippen LogP contribution in [-0.2, 0) is 6.61 Å². The zero-order valence-electron chi connectivity index (χ0n) is 14.4. The predicted molar refractivity (Wildman–Crippen MR) is 106 cm³/mol. The van der Waals surface area contributed by atoms with E-state index in [9.17, 15) is 0 Å². The van der Waals surface area contributed by atoms with Crippen LogP contribution >= 0.6 is 11.6 Å². The van der Waals surface area contributed by atoms with E-state index < -0.39 is 0 Å². The molecule has 132 valence electrons. The summed E-state index contributed by atoms with van der Waals surface area (Å²) in [6.07, 6.45) is 0. The molecule has 0 saturated heterocycles. The number of benzene rings is 3. The summed E-state index contributed by atoms with van der Waals surface area (Å²) < 4.78 is 5.76. The van der Waals surface area contributed by atoms with Crippen molar-refractivity contribution in [3.05, 3.63) is 95.5 Å². The number of aromatic nitrogens is 3. The van der Waals surface area contributed by atoms with Crippen LogP contribution in [0.25, 0.3) is 22.5 Å². The standard InChI is InChI=1S/C22H16ClN3O/c23-19-13-11-16(12-14-19)15-27-22-24-20(17-7-3-1-4-8-17)21(25-26-22)18-9-5-2-6-10-18/h1-14H,15H2. The van der Waals surface area contributed by atoms with Gasteiger partial charge in [-0.1, -0.05) is 89.5 Å². The third kappa shape index (κ3) is 4.13. The number of rotatable bonds is 5. The number of nitrogens with zero attached hydrogens (tertiary/aromatic N) is 3. The molecule has 0 fully saturated rings. The molecule has 3 aromatic carbocycles. The Morgan fingerprint density at radius 3 is 1.89 bits per heavy atom. The molecule has 0 atom stereocenters. The van der Waals surface area contributed by atoms with E-state index >= 15 is 0 Å². The van der Waals surface area contributed by atoms with Crippen LogP contribution in [0.15, 0.2) is 84.9 Å². The van der Waals surface area contributed by atoms with Crippen molar-refractivity contribution in [1.29, 1.82) is 0 Å². The number of hydrogen-bond donors (Lipinski definition) is 0. The summed E-state index contributed by atoms with van der Waals surface area (Å²) in [7, 11) is 0. The summed E-state index contributed by atoms with van der Waals surface area (Å²) >= 11 is 5.92. The molecule has 4 aromatic rings. The first kappa shape index (κ1) is 17.2. The van der Waals surface area contributed by atoms with Gasteiger partial charge in [0.15, 0.2) is 0 Å². The normalized spacial score (nSPS) is 10.6. The van der Waals surface area contributed by atoms with Gasteiger partial charge in [-0.15, -0.1) is 5.10 Å². The second kappa shape index (κ2) is 7.98. The maximum Gasteiger partial charge on any atom is 0.336 e. The molecule has 0 amide bonds. The highest BCUT2D eigenvalue weighted by atomic mass is 35.5. The molecule has 0 bridgehead atoms. The summed E-state index contributed by atoms with van der Waals surface area (Å²) in [6, 6.07) is 27.5. The highest BCUT2D eigenvalue weighted by Crippen LogP contribution is 2.29. The Hall–Kier alpha value is -3.24. The zero-order valence-corrected chi connectivity index (χ0v) is 15.2. The van der Waals surface area contributed by atoms with Crippen LogP contribution in [0.1, 0.15) is 5.56 Å². The van der Waals surface area contributed by atoms with E-state index in [0.717, 1.165) is 28.1 Å². The molecule has 0 aliphatic heterocycles. The summed E-state index contributed by atoms with van der Waals surface area (Å²) in [5, 5.41) is 9.25. The van der Waals surface area contributed by atoms with Crippen LogP contribution < -0.4 is 4.74 Å². The molecule has 4 rings (SSSR count). The Morgan fingerprint density at radius 1 is 0.667 bits per heavy atom. The molecule has 5 heteroatoms. The SMILES string of the molecule is Clc1ccc(COc2nnc(-c3ccccc3)c(-c3ccccc3)n2)cc1. The molecule has 0 unspecified atom stereocenters. The van der Waals surface area contributed by atoms with Crippen molar-refractivity contribution in [2.75, 3.05) is 0 Å². The second-order valence-electron chi connectivity index (χ2n) is 5.94. The van der Waals surface area contributed by atoms with Gasteiger partial charge < -0.3 is 4.74 Å². The van der Waals surface area contributed by atoms with Gasteiger partial charge in [0.05, 0.1) is 0 Å². The smallest absolute Gasteiger partial charge is 0.336 e. The van der Waals surface area contributed by atoms with Gasteiger partial charge >= 0.3 is 6.01 Å². The largest absolute Gasteiger partial charge is 0.458 e. The highest BCUT2D eigenvalue weighted by molar-refractivity contribution is 6.30. The van der Waals surface area contributed by atoms with E-state index in [-0.39, 0.29) is 6.01 Å². The van der Waals surface area contributed by atoms with Crippen molar-refractivity contribution in [2.24, 2.45) is 0 Å². The van der Waals surface area contributed by atoms with Crippen LogP contribution in [0.4, 0.5) is 0 Å². The van der Waals surface area contributed by atoms with Gasteiger partial charge in [-0.2, -0.15) is 4.98 Å². The maximum absolute atomic E-state index is 5.92. The van der Waals surface area contributed by atoms with Crippen LogP contribution in [0.3, 0.4) is 0 Å². The van der Waals surface area contributed by atoms with E-state index in [4.69, 9.17) is 16.3 Å². The summed E-state index contributed by atoms with van der Waals surface area (Å²) in [5.74, 6) is 0. The molecule has 0 N–H and O–H groups in total. The molecule has 0 aliphatic rings. The maximum atomic E-state index is 5.92. The van der Waals surface area contributed by atoms with Gasteiger partial charge in [-0.05, 0) is 17.7 Å². The van der Waals surface area contributed by atoms with Crippen molar-refractivity contribution in [2.45, 2.75) is 6.61 Å². The fraction of sp³-hybridized carbons (Fsp3) is 0.0455. The van der Waals surface area contributed by atoms with Crippen LogP contribution in [0.2, 0.25) is 5.02 Å². The minimum Gasteiger partial charge on any atom is -0.458 e. The first-order chi connectivity index (χ1) is 13.3. The van der Waals surface area contributed by atoms with Gasteiger partial charge in [-0.25, -0.2) is 0 Å². The van der Waals surface area contributed by atoms with E-state index in [0.29, 0.717) is 11.6 Å². The Kier molecular flexibility index (Phi) is 5.08. The Morgan fingerprint density at radius 2 is 1.26 bits per heavy atom. The number of hydrogen-bond acceptors (Lipinski definition) is 4. The lowest BCUT2D eigenvalue weighted by atomic mass is 10.0. The molecular formula is C22H16ClN3O. The van der Waals surface area contributed by atoms with E-state index in [1.807, 2.05) is 84.9 Å². The Balaban J connectivity index is 1.67. The van der Waals surface area contributed by atoms with Crippen LogP contribution in [0.5, 0.6) is 6.01 Å². The lowest BCUT2D eigenvalue weighted by Gasteiger charge is -2.10. The molecule has 0 spiro atoms. The lowest BCUT2D eigenvalue weighted by Crippen LogP contribution is -2.04. The van der Waals surface area contributed by atoms with E-state index in [2.05, 4.69) is 15.2 Å². The van der Waals surface area contributed by atoms with Crippen molar-refractivity contribution in [1.82, 2.24) is 15.2 Å². The molecule has 1 aromatic heterocycles. The monoisotopic (exact) mass is 373 g/mol. The first-order valence-corrected chi connectivity index (χ1v) is 8.90. The molecule has 27 heavy (non-hydrogen) atoms. The van der Waals surface area contributed by atoms with Gasteiger partial charge in [0.25, 0.3) is 0 Å². The van der Waals surface area contributed by atoms with Crippen molar-refractivity contribution < 1.29 is 4.74 Å². The topological polar surface area (TPSA) is 47.9 Å². The van der Waals surface area contributed by atoms with E-state index in [1.54, 1.807) is 0 Å². The van der Waals surface area contributed by atoms with Gasteiger partial charge in [0, 0.05) is 16.1 Å². The van der Waals surface area contributed by atoms with Crippen molar-refractivity contribution in [3.8, 4) is 28.5 Å².